The number of ketones is 1. The highest BCUT2D eigenvalue weighted by Gasteiger charge is 2.15. The molecule has 2 rings (SSSR count). The van der Waals surface area contributed by atoms with Crippen molar-refractivity contribution in [3.63, 3.8) is 0 Å². The Kier molecular flexibility index (Phi) is 6.21. The maximum atomic E-state index is 12.5. The summed E-state index contributed by atoms with van der Waals surface area (Å²) >= 11 is 6.28. The first-order valence-electron chi connectivity index (χ1n) is 7.72. The molecule has 0 N–H and O–H groups in total. The topological polar surface area (TPSA) is 59.3 Å². The zero-order valence-corrected chi connectivity index (χ0v) is 15.0. The highest BCUT2D eigenvalue weighted by atomic mass is 35.5. The van der Waals surface area contributed by atoms with E-state index < -0.39 is 0 Å². The molecule has 0 aromatic heterocycles. The molecule has 0 unspecified atom stereocenters. The van der Waals surface area contributed by atoms with Crippen molar-refractivity contribution in [2.24, 2.45) is 0 Å². The van der Waals surface area contributed by atoms with Crippen molar-refractivity contribution in [2.45, 2.75) is 20.0 Å². The molecule has 0 radical (unpaired) electrons. The van der Waals surface area contributed by atoms with Crippen LogP contribution in [0.15, 0.2) is 48.0 Å². The summed E-state index contributed by atoms with van der Waals surface area (Å²) in [6.07, 6.45) is 1.42. The second-order valence-electron chi connectivity index (χ2n) is 5.57. The average Bonchev–Trinajstić information content (AvgIpc) is 2.61. The van der Waals surface area contributed by atoms with E-state index in [2.05, 4.69) is 0 Å². The molecule has 0 saturated heterocycles. The number of Topliss-reactive ketones (excluding diaryl/α,β-unsaturated/α-hetero) is 1. The molecule has 0 aliphatic carbocycles. The van der Waals surface area contributed by atoms with Crippen molar-refractivity contribution in [1.29, 1.82) is 5.26 Å². The van der Waals surface area contributed by atoms with E-state index in [1.807, 2.05) is 26.0 Å². The molecular formula is C20H18ClNO3. The van der Waals surface area contributed by atoms with E-state index in [0.717, 1.165) is 0 Å². The number of hydrogen-bond donors (Lipinski definition) is 0. The lowest BCUT2D eigenvalue weighted by Gasteiger charge is -2.15. The summed E-state index contributed by atoms with van der Waals surface area (Å²) in [5, 5.41) is 9.71. The first-order chi connectivity index (χ1) is 12.0. The average molecular weight is 356 g/mol. The van der Waals surface area contributed by atoms with E-state index in [4.69, 9.17) is 21.1 Å². The molecule has 2 aromatic carbocycles. The molecular weight excluding hydrogens is 338 g/mol. The van der Waals surface area contributed by atoms with Crippen molar-refractivity contribution >= 4 is 23.5 Å². The Balaban J connectivity index is 2.43. The Morgan fingerprint density at radius 3 is 2.48 bits per heavy atom. The predicted molar refractivity (Wildman–Crippen MR) is 98.1 cm³/mol. The lowest BCUT2D eigenvalue weighted by Crippen LogP contribution is -2.07. The van der Waals surface area contributed by atoms with E-state index in [1.54, 1.807) is 36.4 Å². The maximum absolute atomic E-state index is 12.5. The van der Waals surface area contributed by atoms with Crippen LogP contribution in [0.3, 0.4) is 0 Å². The molecule has 0 bridgehead atoms. The third-order valence-electron chi connectivity index (χ3n) is 3.32. The number of carbonyl (C=O) groups is 1. The molecule has 2 aromatic rings. The molecule has 128 valence electrons. The van der Waals surface area contributed by atoms with Gasteiger partial charge in [-0.25, -0.2) is 0 Å². The Morgan fingerprint density at radius 2 is 1.92 bits per heavy atom. The van der Waals surface area contributed by atoms with Crippen LogP contribution in [0.5, 0.6) is 11.5 Å². The van der Waals surface area contributed by atoms with Gasteiger partial charge in [-0.05, 0) is 37.6 Å². The van der Waals surface area contributed by atoms with E-state index in [-0.39, 0.29) is 17.5 Å². The third kappa shape index (κ3) is 4.62. The largest absolute Gasteiger partial charge is 0.493 e. The van der Waals surface area contributed by atoms with Crippen molar-refractivity contribution in [3.8, 4) is 17.6 Å². The number of carbonyl (C=O) groups excluding carboxylic acids is 1. The van der Waals surface area contributed by atoms with Crippen molar-refractivity contribution < 1.29 is 14.3 Å². The lowest BCUT2D eigenvalue weighted by atomic mass is 10.0. The predicted octanol–water partition coefficient (Wildman–Crippen LogP) is 4.93. The van der Waals surface area contributed by atoms with Gasteiger partial charge in [0.2, 0.25) is 5.78 Å². The standard InChI is InChI=1S/C20H18ClNO3/c1-13(2)25-20-17(21)10-14(11-18(20)24-3)9-16(12-22)19(23)15-7-5-4-6-8-15/h4-11,13H,1-3H3/b16-9-. The van der Waals surface area contributed by atoms with Crippen molar-refractivity contribution in [3.05, 3.63) is 64.2 Å². The molecule has 5 heteroatoms. The van der Waals surface area contributed by atoms with E-state index in [0.29, 0.717) is 27.6 Å². The van der Waals surface area contributed by atoms with Crippen LogP contribution in [-0.4, -0.2) is 19.0 Å². The molecule has 0 aliphatic rings. The van der Waals surface area contributed by atoms with Crippen LogP contribution < -0.4 is 9.47 Å². The fourth-order valence-corrected chi connectivity index (χ4v) is 2.50. The number of nitrogens with zero attached hydrogens (tertiary/aromatic N) is 1. The van der Waals surface area contributed by atoms with Gasteiger partial charge in [-0.3, -0.25) is 4.79 Å². The fourth-order valence-electron chi connectivity index (χ4n) is 2.23. The molecule has 0 amide bonds. The van der Waals surface area contributed by atoms with Gasteiger partial charge in [0, 0.05) is 5.56 Å². The minimum Gasteiger partial charge on any atom is -0.493 e. The van der Waals surface area contributed by atoms with Gasteiger partial charge in [0.25, 0.3) is 0 Å². The summed E-state index contributed by atoms with van der Waals surface area (Å²) in [7, 11) is 1.51. The van der Waals surface area contributed by atoms with Crippen LogP contribution in [0.25, 0.3) is 6.08 Å². The SMILES string of the molecule is COc1cc(/C=C(/C#N)C(=O)c2ccccc2)cc(Cl)c1OC(C)C. The van der Waals surface area contributed by atoms with E-state index >= 15 is 0 Å². The quantitative estimate of drug-likeness (QED) is 0.419. The smallest absolute Gasteiger partial charge is 0.203 e. The van der Waals surface area contributed by atoms with Gasteiger partial charge in [-0.2, -0.15) is 5.26 Å². The van der Waals surface area contributed by atoms with Crippen LogP contribution >= 0.6 is 11.6 Å². The van der Waals surface area contributed by atoms with E-state index in [1.165, 1.54) is 13.2 Å². The summed E-state index contributed by atoms with van der Waals surface area (Å²) in [4.78, 5) is 12.5. The number of benzene rings is 2. The summed E-state index contributed by atoms with van der Waals surface area (Å²) in [5.41, 5.74) is 1.05. The van der Waals surface area contributed by atoms with Crippen LogP contribution in [0.4, 0.5) is 0 Å². The van der Waals surface area contributed by atoms with Gasteiger partial charge in [0.1, 0.15) is 11.6 Å². The third-order valence-corrected chi connectivity index (χ3v) is 3.60. The minimum absolute atomic E-state index is 0.0156. The second-order valence-corrected chi connectivity index (χ2v) is 5.97. The number of allylic oxidation sites excluding steroid dienone is 1. The first-order valence-corrected chi connectivity index (χ1v) is 8.09. The molecule has 4 nitrogen and oxygen atoms in total. The van der Waals surface area contributed by atoms with Gasteiger partial charge >= 0.3 is 0 Å². The van der Waals surface area contributed by atoms with Crippen molar-refractivity contribution in [2.75, 3.05) is 7.11 Å². The molecule has 0 heterocycles. The molecule has 25 heavy (non-hydrogen) atoms. The normalized spacial score (nSPS) is 11.1. The zero-order valence-electron chi connectivity index (χ0n) is 14.2. The Labute approximate surface area is 152 Å². The molecule has 0 saturated carbocycles. The lowest BCUT2D eigenvalue weighted by molar-refractivity contribution is 0.104. The van der Waals surface area contributed by atoms with Gasteiger partial charge in [-0.15, -0.1) is 0 Å². The Morgan fingerprint density at radius 1 is 1.24 bits per heavy atom. The highest BCUT2D eigenvalue weighted by molar-refractivity contribution is 6.32. The summed E-state index contributed by atoms with van der Waals surface area (Å²) in [5.74, 6) is 0.529. The summed E-state index contributed by atoms with van der Waals surface area (Å²) in [6.45, 7) is 3.77. The molecule has 0 spiro atoms. The first kappa shape index (κ1) is 18.6. The van der Waals surface area contributed by atoms with Gasteiger partial charge in [0.05, 0.1) is 18.2 Å². The number of rotatable bonds is 6. The molecule has 0 atom stereocenters. The van der Waals surface area contributed by atoms with Crippen LogP contribution in [0.1, 0.15) is 29.8 Å². The van der Waals surface area contributed by atoms with Gasteiger partial charge in [-0.1, -0.05) is 41.9 Å². The van der Waals surface area contributed by atoms with Crippen molar-refractivity contribution in [1.82, 2.24) is 0 Å². The van der Waals surface area contributed by atoms with Crippen LogP contribution in [-0.2, 0) is 0 Å². The van der Waals surface area contributed by atoms with Gasteiger partial charge in [0.15, 0.2) is 11.5 Å². The molecule has 0 fully saturated rings. The minimum atomic E-state index is -0.347. The summed E-state index contributed by atoms with van der Waals surface area (Å²) < 4.78 is 11.0. The number of methoxy groups -OCH3 is 1. The number of ether oxygens (including phenoxy) is 2. The number of hydrogen-bond acceptors (Lipinski definition) is 4. The zero-order chi connectivity index (χ0) is 18.4. The Hall–Kier alpha value is -2.77. The number of nitriles is 1. The number of halogens is 1. The van der Waals surface area contributed by atoms with Crippen LogP contribution in [0.2, 0.25) is 5.02 Å². The highest BCUT2D eigenvalue weighted by Crippen LogP contribution is 2.37. The maximum Gasteiger partial charge on any atom is 0.203 e. The second kappa shape index (κ2) is 8.36. The van der Waals surface area contributed by atoms with Gasteiger partial charge < -0.3 is 9.47 Å². The monoisotopic (exact) mass is 355 g/mol. The fraction of sp³-hybridized carbons (Fsp3) is 0.200. The molecule has 0 aliphatic heterocycles. The van der Waals surface area contributed by atoms with E-state index in [9.17, 15) is 10.1 Å². The van der Waals surface area contributed by atoms with Crippen LogP contribution in [0, 0.1) is 11.3 Å². The summed E-state index contributed by atoms with van der Waals surface area (Å²) in [6, 6.07) is 13.9. The Bertz CT molecular complexity index is 836.